The van der Waals surface area contributed by atoms with Crippen molar-refractivity contribution in [1.29, 1.82) is 0 Å². The van der Waals surface area contributed by atoms with Gasteiger partial charge in [0.2, 0.25) is 0 Å². The smallest absolute Gasteiger partial charge is 0.328 e. The lowest BCUT2D eigenvalue weighted by Gasteiger charge is -2.15. The molecular weight excluding hydrogens is 266 g/mol. The van der Waals surface area contributed by atoms with Crippen molar-refractivity contribution in [3.63, 3.8) is 0 Å². The monoisotopic (exact) mass is 285 g/mol. The lowest BCUT2D eigenvalue weighted by atomic mass is 10.2. The summed E-state index contributed by atoms with van der Waals surface area (Å²) >= 11 is 3.54. The van der Waals surface area contributed by atoms with Crippen molar-refractivity contribution in [1.82, 2.24) is 4.90 Å². The zero-order valence-corrected chi connectivity index (χ0v) is 12.4. The van der Waals surface area contributed by atoms with E-state index in [4.69, 9.17) is 5.11 Å². The molecule has 0 aliphatic rings. The van der Waals surface area contributed by atoms with Crippen LogP contribution in [0.1, 0.15) is 16.9 Å². The maximum Gasteiger partial charge on any atom is 0.328 e. The first-order valence-corrected chi connectivity index (χ1v) is 8.05. The molecule has 1 rings (SSSR count). The number of carboxylic acids is 1. The minimum atomic E-state index is -0.902. The molecular formula is C13H19NO2S2. The molecule has 3 nitrogen and oxygen atoms in total. The number of thiophene rings is 1. The average Bonchev–Trinajstić information content (AvgIpc) is 2.74. The number of hydrogen-bond acceptors (Lipinski definition) is 4. The molecule has 0 saturated carbocycles. The molecule has 100 valence electrons. The highest BCUT2D eigenvalue weighted by Crippen LogP contribution is 2.20. The van der Waals surface area contributed by atoms with Crippen LogP contribution in [0.5, 0.6) is 0 Å². The number of nitrogens with zero attached hydrogens (tertiary/aromatic N) is 1. The van der Waals surface area contributed by atoms with Gasteiger partial charge in [0.1, 0.15) is 0 Å². The van der Waals surface area contributed by atoms with Crippen LogP contribution in [0.2, 0.25) is 0 Å². The Hall–Kier alpha value is -0.780. The molecule has 0 radical (unpaired) electrons. The molecule has 0 unspecified atom stereocenters. The van der Waals surface area contributed by atoms with Gasteiger partial charge in [0.05, 0.1) is 0 Å². The molecule has 1 N–H and O–H groups in total. The van der Waals surface area contributed by atoms with E-state index in [2.05, 4.69) is 18.2 Å². The Morgan fingerprint density at radius 1 is 1.61 bits per heavy atom. The van der Waals surface area contributed by atoms with Crippen molar-refractivity contribution in [2.75, 3.05) is 25.6 Å². The molecule has 0 fully saturated rings. The molecule has 0 aromatic carbocycles. The van der Waals surface area contributed by atoms with Gasteiger partial charge >= 0.3 is 5.97 Å². The number of rotatable bonds is 8. The number of carbonyl (C=O) groups is 1. The molecule has 1 aromatic rings. The molecule has 1 heterocycles. The highest BCUT2D eigenvalue weighted by Gasteiger charge is 2.05. The summed E-state index contributed by atoms with van der Waals surface area (Å²) in [5.41, 5.74) is 1.01. The lowest BCUT2D eigenvalue weighted by molar-refractivity contribution is -0.131. The predicted molar refractivity (Wildman–Crippen MR) is 80.3 cm³/mol. The molecule has 0 amide bonds. The van der Waals surface area contributed by atoms with Gasteiger partial charge in [-0.15, -0.1) is 11.3 Å². The van der Waals surface area contributed by atoms with Crippen LogP contribution >= 0.6 is 23.1 Å². The summed E-state index contributed by atoms with van der Waals surface area (Å²) < 4.78 is 0. The van der Waals surface area contributed by atoms with Gasteiger partial charge in [-0.2, -0.15) is 11.8 Å². The van der Waals surface area contributed by atoms with Crippen molar-refractivity contribution in [3.05, 3.63) is 28.0 Å². The van der Waals surface area contributed by atoms with Crippen LogP contribution in [0.25, 0.3) is 6.08 Å². The first-order chi connectivity index (χ1) is 8.63. The van der Waals surface area contributed by atoms with E-state index in [1.165, 1.54) is 23.1 Å². The Bertz CT molecular complexity index is 401. The highest BCUT2D eigenvalue weighted by atomic mass is 32.2. The summed E-state index contributed by atoms with van der Waals surface area (Å²) in [7, 11) is 2.10. The number of aliphatic carboxylic acids is 1. The van der Waals surface area contributed by atoms with Gasteiger partial charge in [0.15, 0.2) is 0 Å². The third-order valence-electron chi connectivity index (χ3n) is 2.49. The van der Waals surface area contributed by atoms with Crippen molar-refractivity contribution >= 4 is 35.1 Å². The van der Waals surface area contributed by atoms with Crippen molar-refractivity contribution in [3.8, 4) is 0 Å². The van der Waals surface area contributed by atoms with E-state index in [0.29, 0.717) is 0 Å². The van der Waals surface area contributed by atoms with Gasteiger partial charge in [-0.25, -0.2) is 4.79 Å². The largest absolute Gasteiger partial charge is 0.478 e. The molecule has 0 spiro atoms. The zero-order valence-electron chi connectivity index (χ0n) is 10.8. The molecule has 0 atom stereocenters. The van der Waals surface area contributed by atoms with E-state index in [1.807, 2.05) is 23.2 Å². The van der Waals surface area contributed by atoms with Crippen LogP contribution in [0.4, 0.5) is 0 Å². The quantitative estimate of drug-likeness (QED) is 0.589. The fraction of sp³-hybridized carbons (Fsp3) is 0.462. The van der Waals surface area contributed by atoms with Gasteiger partial charge in [0, 0.05) is 17.5 Å². The average molecular weight is 285 g/mol. The predicted octanol–water partition coefficient (Wildman–Crippen LogP) is 3.03. The van der Waals surface area contributed by atoms with Gasteiger partial charge < -0.3 is 10.0 Å². The van der Waals surface area contributed by atoms with Crippen LogP contribution in [0.3, 0.4) is 0 Å². The summed E-state index contributed by atoms with van der Waals surface area (Å²) in [5.74, 6) is 0.279. The van der Waals surface area contributed by atoms with Gasteiger partial charge in [-0.3, -0.25) is 0 Å². The summed E-state index contributed by atoms with van der Waals surface area (Å²) in [6, 6.07) is 1.97. The van der Waals surface area contributed by atoms with Crippen LogP contribution in [0, 0.1) is 0 Å². The Labute approximate surface area is 117 Å². The molecule has 18 heavy (non-hydrogen) atoms. The third kappa shape index (κ3) is 5.71. The summed E-state index contributed by atoms with van der Waals surface area (Å²) in [4.78, 5) is 14.0. The van der Waals surface area contributed by atoms with E-state index < -0.39 is 5.97 Å². The van der Waals surface area contributed by atoms with Crippen LogP contribution in [-0.2, 0) is 11.3 Å². The zero-order chi connectivity index (χ0) is 13.4. The standard InChI is InChI=1S/C13H19NO2S2/c1-14(7-3-8-17-2)10-12-11(6-9-18-12)4-5-13(15)16/h4-6,9H,3,7-8,10H2,1-2H3,(H,15,16)/b5-4+. The highest BCUT2D eigenvalue weighted by molar-refractivity contribution is 7.98. The molecule has 1 aromatic heterocycles. The fourth-order valence-electron chi connectivity index (χ4n) is 1.59. The molecule has 0 aliphatic carbocycles. The van der Waals surface area contributed by atoms with E-state index in [0.717, 1.165) is 18.7 Å². The normalized spacial score (nSPS) is 11.5. The van der Waals surface area contributed by atoms with Crippen molar-refractivity contribution in [2.24, 2.45) is 0 Å². The Balaban J connectivity index is 2.51. The van der Waals surface area contributed by atoms with Gasteiger partial charge in [-0.05, 0) is 55.1 Å². The van der Waals surface area contributed by atoms with E-state index >= 15 is 0 Å². The maximum atomic E-state index is 10.5. The first kappa shape index (κ1) is 15.3. The van der Waals surface area contributed by atoms with E-state index in [9.17, 15) is 4.79 Å². The van der Waals surface area contributed by atoms with Crippen molar-refractivity contribution < 1.29 is 9.90 Å². The second-order valence-corrected chi connectivity index (χ2v) is 6.04. The SMILES string of the molecule is CSCCCN(C)Cc1sccc1/C=C/C(=O)O. The second-order valence-electron chi connectivity index (χ2n) is 4.05. The Morgan fingerprint density at radius 3 is 3.06 bits per heavy atom. The summed E-state index contributed by atoms with van der Waals surface area (Å²) in [6.07, 6.45) is 6.17. The topological polar surface area (TPSA) is 40.5 Å². The van der Waals surface area contributed by atoms with Crippen molar-refractivity contribution in [2.45, 2.75) is 13.0 Å². The second kappa shape index (κ2) is 8.34. The number of hydrogen-bond donors (Lipinski definition) is 1. The minimum Gasteiger partial charge on any atom is -0.478 e. The molecule has 0 aliphatic heterocycles. The maximum absolute atomic E-state index is 10.5. The summed E-state index contributed by atoms with van der Waals surface area (Å²) in [6.45, 7) is 1.95. The Morgan fingerprint density at radius 2 is 2.39 bits per heavy atom. The number of carboxylic acid groups (broad SMARTS) is 1. The molecule has 5 heteroatoms. The molecule has 0 saturated heterocycles. The van der Waals surface area contributed by atoms with Crippen LogP contribution < -0.4 is 0 Å². The third-order valence-corrected chi connectivity index (χ3v) is 4.11. The van der Waals surface area contributed by atoms with Gasteiger partial charge in [0.25, 0.3) is 0 Å². The molecule has 0 bridgehead atoms. The fourth-order valence-corrected chi connectivity index (χ4v) is 2.96. The van der Waals surface area contributed by atoms with Crippen LogP contribution in [0.15, 0.2) is 17.5 Å². The first-order valence-electron chi connectivity index (χ1n) is 5.78. The van der Waals surface area contributed by atoms with E-state index in [1.54, 1.807) is 17.4 Å². The lowest BCUT2D eigenvalue weighted by Crippen LogP contribution is -2.19. The van der Waals surface area contributed by atoms with Gasteiger partial charge in [-0.1, -0.05) is 0 Å². The van der Waals surface area contributed by atoms with Crippen LogP contribution in [-0.4, -0.2) is 41.6 Å². The van der Waals surface area contributed by atoms with E-state index in [-0.39, 0.29) is 0 Å². The Kier molecular flexibility index (Phi) is 7.08. The summed E-state index contributed by atoms with van der Waals surface area (Å²) in [5, 5.41) is 10.6. The minimum absolute atomic E-state index is 0.880. The number of thioether (sulfide) groups is 1.